The van der Waals surface area contributed by atoms with Gasteiger partial charge < -0.3 is 4.74 Å². The molecule has 0 atom stereocenters. The minimum absolute atomic E-state index is 0.727. The highest BCUT2D eigenvalue weighted by molar-refractivity contribution is 9.11. The van der Waals surface area contributed by atoms with Gasteiger partial charge in [-0.1, -0.05) is 30.3 Å². The topological polar surface area (TPSA) is 9.23 Å². The maximum atomic E-state index is 5.64. The molecule has 1 nitrogen and oxygen atoms in total. The molecule has 0 aliphatic rings. The average Bonchev–Trinajstić information content (AvgIpc) is 2.76. The van der Waals surface area contributed by atoms with Gasteiger partial charge in [0.05, 0.1) is 10.4 Å². The Morgan fingerprint density at radius 1 is 1.06 bits per heavy atom. The van der Waals surface area contributed by atoms with Gasteiger partial charge in [-0.25, -0.2) is 0 Å². The zero-order valence-corrected chi connectivity index (χ0v) is 12.0. The predicted molar refractivity (Wildman–Crippen MR) is 76.4 cm³/mol. The van der Waals surface area contributed by atoms with Gasteiger partial charge in [-0.2, -0.15) is 0 Å². The molecule has 2 aromatic rings. The summed E-state index contributed by atoms with van der Waals surface area (Å²) in [5.41, 5.74) is 1.38. The molecule has 0 unspecified atom stereocenters. The molecular weight excluding hydrogens is 296 g/mol. The van der Waals surface area contributed by atoms with Crippen molar-refractivity contribution in [1.29, 1.82) is 0 Å². The van der Waals surface area contributed by atoms with Gasteiger partial charge in [0.25, 0.3) is 0 Å². The largest absolute Gasteiger partial charge is 0.376 e. The first kappa shape index (κ1) is 12.8. The minimum Gasteiger partial charge on any atom is -0.376 e. The third kappa shape index (κ3) is 4.62. The van der Waals surface area contributed by atoms with E-state index < -0.39 is 0 Å². The summed E-state index contributed by atoms with van der Waals surface area (Å²) in [6, 6.07) is 14.7. The fraction of sp³-hybridized carbons (Fsp3) is 0.286. The van der Waals surface area contributed by atoms with Crippen LogP contribution >= 0.6 is 27.3 Å². The van der Waals surface area contributed by atoms with Gasteiger partial charge in [-0.3, -0.25) is 0 Å². The molecule has 1 aromatic heterocycles. The second kappa shape index (κ2) is 6.94. The number of aryl methyl sites for hydroxylation is 1. The molecule has 0 fully saturated rings. The Hall–Kier alpha value is -0.640. The molecule has 0 aliphatic heterocycles. The average molecular weight is 311 g/mol. The molecule has 0 spiro atoms. The van der Waals surface area contributed by atoms with Crippen LogP contribution in [-0.4, -0.2) is 6.61 Å². The molecular formula is C14H15BrOS. The second-order valence-electron chi connectivity index (χ2n) is 3.85. The Bertz CT molecular complexity index is 438. The van der Waals surface area contributed by atoms with E-state index in [0.29, 0.717) is 0 Å². The lowest BCUT2D eigenvalue weighted by atomic mass is 10.1. The zero-order valence-electron chi connectivity index (χ0n) is 9.56. The maximum absolute atomic E-state index is 5.64. The van der Waals surface area contributed by atoms with Gasteiger partial charge in [-0.15, -0.1) is 11.3 Å². The van der Waals surface area contributed by atoms with Crippen LogP contribution < -0.4 is 0 Å². The van der Waals surface area contributed by atoms with Crippen LogP contribution in [0.2, 0.25) is 0 Å². The van der Waals surface area contributed by atoms with Crippen LogP contribution in [0.1, 0.15) is 16.9 Å². The number of halogens is 1. The SMILES string of the molecule is Brc1ccc(COCCCc2ccccc2)s1. The summed E-state index contributed by atoms with van der Waals surface area (Å²) < 4.78 is 6.81. The monoisotopic (exact) mass is 310 g/mol. The Labute approximate surface area is 115 Å². The summed E-state index contributed by atoms with van der Waals surface area (Å²) in [4.78, 5) is 1.27. The standard InChI is InChI=1S/C14H15BrOS/c15-14-9-8-13(17-14)11-16-10-4-7-12-5-2-1-3-6-12/h1-3,5-6,8-9H,4,7,10-11H2. The molecule has 3 heteroatoms. The molecule has 0 amide bonds. The second-order valence-corrected chi connectivity index (χ2v) is 6.40. The summed E-state index contributed by atoms with van der Waals surface area (Å²) in [7, 11) is 0. The van der Waals surface area contributed by atoms with Crippen molar-refractivity contribution in [2.45, 2.75) is 19.4 Å². The lowest BCUT2D eigenvalue weighted by Gasteiger charge is -2.03. The number of rotatable bonds is 6. The molecule has 1 aromatic carbocycles. The highest BCUT2D eigenvalue weighted by Gasteiger charge is 1.98. The third-order valence-corrected chi connectivity index (χ3v) is 4.07. The van der Waals surface area contributed by atoms with Crippen LogP contribution in [0.25, 0.3) is 0 Å². The van der Waals surface area contributed by atoms with E-state index in [9.17, 15) is 0 Å². The van der Waals surface area contributed by atoms with E-state index in [2.05, 4.69) is 58.4 Å². The van der Waals surface area contributed by atoms with Crippen LogP contribution in [0.3, 0.4) is 0 Å². The molecule has 0 saturated heterocycles. The molecule has 0 radical (unpaired) electrons. The lowest BCUT2D eigenvalue weighted by Crippen LogP contribution is -1.96. The molecule has 17 heavy (non-hydrogen) atoms. The first-order valence-corrected chi connectivity index (χ1v) is 7.31. The third-order valence-electron chi connectivity index (χ3n) is 2.47. The molecule has 0 aliphatic carbocycles. The van der Waals surface area contributed by atoms with Crippen molar-refractivity contribution in [2.75, 3.05) is 6.61 Å². The van der Waals surface area contributed by atoms with Gasteiger partial charge in [0.1, 0.15) is 0 Å². The normalized spacial score (nSPS) is 10.6. The molecule has 90 valence electrons. The Morgan fingerprint density at radius 3 is 2.59 bits per heavy atom. The van der Waals surface area contributed by atoms with E-state index in [-0.39, 0.29) is 0 Å². The summed E-state index contributed by atoms with van der Waals surface area (Å²) in [5.74, 6) is 0. The minimum atomic E-state index is 0.727. The van der Waals surface area contributed by atoms with Gasteiger partial charge in [0, 0.05) is 11.5 Å². The number of benzene rings is 1. The number of thiophene rings is 1. The van der Waals surface area contributed by atoms with Gasteiger partial charge in [0.15, 0.2) is 0 Å². The summed E-state index contributed by atoms with van der Waals surface area (Å²) in [5, 5.41) is 0. The molecule has 0 N–H and O–H groups in total. The molecule has 2 rings (SSSR count). The molecule has 0 saturated carbocycles. The van der Waals surface area contributed by atoms with Crippen molar-refractivity contribution in [3.05, 3.63) is 56.7 Å². The summed E-state index contributed by atoms with van der Waals surface area (Å²) >= 11 is 5.18. The highest BCUT2D eigenvalue weighted by Crippen LogP contribution is 2.22. The number of hydrogen-bond acceptors (Lipinski definition) is 2. The quantitative estimate of drug-likeness (QED) is 0.705. The van der Waals surface area contributed by atoms with Crippen molar-refractivity contribution in [2.24, 2.45) is 0 Å². The summed E-state index contributed by atoms with van der Waals surface area (Å²) in [6.07, 6.45) is 2.17. The fourth-order valence-corrected chi connectivity index (χ4v) is 3.05. The lowest BCUT2D eigenvalue weighted by molar-refractivity contribution is 0.121. The number of ether oxygens (including phenoxy) is 1. The maximum Gasteiger partial charge on any atom is 0.0809 e. The van der Waals surface area contributed by atoms with E-state index in [1.165, 1.54) is 14.2 Å². The van der Waals surface area contributed by atoms with Crippen LogP contribution in [0.4, 0.5) is 0 Å². The van der Waals surface area contributed by atoms with E-state index >= 15 is 0 Å². The highest BCUT2D eigenvalue weighted by atomic mass is 79.9. The summed E-state index contributed by atoms with van der Waals surface area (Å²) in [6.45, 7) is 1.55. The van der Waals surface area contributed by atoms with Gasteiger partial charge >= 0.3 is 0 Å². The Morgan fingerprint density at radius 2 is 1.88 bits per heavy atom. The van der Waals surface area contributed by atoms with Gasteiger partial charge in [0.2, 0.25) is 0 Å². The first-order valence-electron chi connectivity index (χ1n) is 5.70. The van der Waals surface area contributed by atoms with E-state index in [1.54, 1.807) is 11.3 Å². The van der Waals surface area contributed by atoms with Crippen molar-refractivity contribution in [3.63, 3.8) is 0 Å². The van der Waals surface area contributed by atoms with E-state index in [0.717, 1.165) is 26.1 Å². The van der Waals surface area contributed by atoms with E-state index in [4.69, 9.17) is 4.74 Å². The fourth-order valence-electron chi connectivity index (χ4n) is 1.63. The van der Waals surface area contributed by atoms with Crippen molar-refractivity contribution in [3.8, 4) is 0 Å². The predicted octanol–water partition coefficient (Wildman–Crippen LogP) is 4.66. The van der Waals surface area contributed by atoms with Crippen molar-refractivity contribution >= 4 is 27.3 Å². The zero-order chi connectivity index (χ0) is 11.9. The van der Waals surface area contributed by atoms with Crippen molar-refractivity contribution in [1.82, 2.24) is 0 Å². The molecule has 0 bridgehead atoms. The van der Waals surface area contributed by atoms with Crippen LogP contribution in [0.5, 0.6) is 0 Å². The van der Waals surface area contributed by atoms with Gasteiger partial charge in [-0.05, 0) is 46.5 Å². The Kier molecular flexibility index (Phi) is 5.23. The van der Waals surface area contributed by atoms with Crippen molar-refractivity contribution < 1.29 is 4.74 Å². The van der Waals surface area contributed by atoms with E-state index in [1.807, 2.05) is 0 Å². The van der Waals surface area contributed by atoms with Crippen LogP contribution in [-0.2, 0) is 17.8 Å². The molecule has 1 heterocycles. The van der Waals surface area contributed by atoms with Crippen LogP contribution in [0, 0.1) is 0 Å². The first-order chi connectivity index (χ1) is 8.34. The number of hydrogen-bond donors (Lipinski definition) is 0. The smallest absolute Gasteiger partial charge is 0.0809 e. The Balaban J connectivity index is 1.61. The van der Waals surface area contributed by atoms with Crippen LogP contribution in [0.15, 0.2) is 46.3 Å².